The second-order valence-electron chi connectivity index (χ2n) is 10.0. The molecule has 7 nitrogen and oxygen atoms in total. The van der Waals surface area contributed by atoms with Crippen molar-refractivity contribution in [3.63, 3.8) is 0 Å². The van der Waals surface area contributed by atoms with E-state index in [4.69, 9.17) is 32.7 Å². The molecule has 1 unspecified atom stereocenters. The van der Waals surface area contributed by atoms with Gasteiger partial charge in [-0.2, -0.15) is 4.39 Å². The predicted molar refractivity (Wildman–Crippen MR) is 152 cm³/mol. The molecule has 0 radical (unpaired) electrons. The van der Waals surface area contributed by atoms with Crippen LogP contribution >= 0.6 is 34.5 Å². The van der Waals surface area contributed by atoms with E-state index in [1.165, 1.54) is 23.3 Å². The highest BCUT2D eigenvalue weighted by Gasteiger charge is 2.48. The highest BCUT2D eigenvalue weighted by molar-refractivity contribution is 7.22. The van der Waals surface area contributed by atoms with Crippen LogP contribution in [0.1, 0.15) is 44.1 Å². The van der Waals surface area contributed by atoms with Gasteiger partial charge in [-0.15, -0.1) is 0 Å². The number of fused-ring (bicyclic) bond motifs is 1. The summed E-state index contributed by atoms with van der Waals surface area (Å²) in [4.78, 5) is 31.3. The summed E-state index contributed by atoms with van der Waals surface area (Å²) in [5.41, 5.74) is 2.04. The van der Waals surface area contributed by atoms with Crippen LogP contribution in [0.4, 0.5) is 15.2 Å². The van der Waals surface area contributed by atoms with E-state index in [0.29, 0.717) is 65.2 Å². The Morgan fingerprint density at radius 2 is 1.87 bits per heavy atom. The number of carbonyl (C=O) groups excluding carboxylic acids is 2. The lowest BCUT2D eigenvalue weighted by atomic mass is 9.87. The predicted octanol–water partition coefficient (Wildman–Crippen LogP) is 6.93. The molecule has 0 amide bonds. The molecule has 5 rings (SSSR count). The molecule has 3 aromatic rings. The van der Waals surface area contributed by atoms with Crippen molar-refractivity contribution in [2.45, 2.75) is 57.0 Å². The fraction of sp³-hybridized carbons (Fsp3) is 0.464. The van der Waals surface area contributed by atoms with Crippen LogP contribution in [-0.2, 0) is 25.5 Å². The minimum atomic E-state index is -2.52. The number of hydrogen-bond acceptors (Lipinski definition) is 8. The van der Waals surface area contributed by atoms with Crippen molar-refractivity contribution in [3.8, 4) is 0 Å². The zero-order valence-corrected chi connectivity index (χ0v) is 23.9. The molecule has 1 saturated heterocycles. The van der Waals surface area contributed by atoms with Gasteiger partial charge in [0.15, 0.2) is 5.13 Å². The number of rotatable bonds is 9. The summed E-state index contributed by atoms with van der Waals surface area (Å²) >= 11 is 14.1. The molecule has 39 heavy (non-hydrogen) atoms. The second-order valence-corrected chi connectivity index (χ2v) is 11.9. The number of Topliss-reactive ketones (excluding diaryl/α,β-unsaturated/α-hetero) is 1. The number of anilines is 2. The molecule has 1 aliphatic carbocycles. The fourth-order valence-corrected chi connectivity index (χ4v) is 6.66. The van der Waals surface area contributed by atoms with Gasteiger partial charge in [-0.3, -0.25) is 9.59 Å². The average molecular weight is 595 g/mol. The van der Waals surface area contributed by atoms with Gasteiger partial charge in [-0.1, -0.05) is 40.6 Å². The molecule has 0 bridgehead atoms. The van der Waals surface area contributed by atoms with Crippen molar-refractivity contribution >= 4 is 67.3 Å². The Balaban J connectivity index is 1.27. The number of benzene rings is 2. The minimum Gasteiger partial charge on any atom is -0.469 e. The number of thiazole rings is 1. The van der Waals surface area contributed by atoms with Gasteiger partial charge in [0.25, 0.3) is 0 Å². The SMILES string of the molecule is COC(=O)[C@H]1CC[C@H](OC(F)(C(=O)Cc2ccc(Nc3nc4ccc(Cl)cc4s3)c(Cl)c2)N2CCCC2)CC1. The zero-order valence-electron chi connectivity index (χ0n) is 21.6. The molecule has 11 heteroatoms. The highest BCUT2D eigenvalue weighted by atomic mass is 35.5. The van der Waals surface area contributed by atoms with Crippen LogP contribution in [0.3, 0.4) is 0 Å². The van der Waals surface area contributed by atoms with E-state index in [1.807, 2.05) is 12.1 Å². The topological polar surface area (TPSA) is 80.8 Å². The Bertz CT molecular complexity index is 1360. The van der Waals surface area contributed by atoms with Crippen molar-refractivity contribution < 1.29 is 23.5 Å². The number of esters is 1. The Morgan fingerprint density at radius 1 is 1.13 bits per heavy atom. The summed E-state index contributed by atoms with van der Waals surface area (Å²) in [5.74, 6) is -3.64. The number of hydrogen-bond donors (Lipinski definition) is 1. The number of likely N-dealkylation sites (tertiary alicyclic amines) is 1. The maximum absolute atomic E-state index is 16.5. The fourth-order valence-electron chi connectivity index (χ4n) is 5.26. The summed E-state index contributed by atoms with van der Waals surface area (Å²) in [6.45, 7) is 0.910. The molecule has 1 N–H and O–H groups in total. The Labute approximate surface area is 240 Å². The number of ether oxygens (including phenoxy) is 2. The Hall–Kier alpha value is -2.30. The quantitative estimate of drug-likeness (QED) is 0.213. The third-order valence-electron chi connectivity index (χ3n) is 7.38. The van der Waals surface area contributed by atoms with Crippen LogP contribution in [0.25, 0.3) is 10.2 Å². The summed E-state index contributed by atoms with van der Waals surface area (Å²) in [6.07, 6.45) is 3.10. The van der Waals surface area contributed by atoms with E-state index in [1.54, 1.807) is 24.3 Å². The summed E-state index contributed by atoms with van der Waals surface area (Å²) in [6, 6.07) is 10.7. The third-order valence-corrected chi connectivity index (χ3v) is 8.86. The molecule has 0 spiro atoms. The number of nitrogens with zero attached hydrogens (tertiary/aromatic N) is 2. The molecule has 2 aromatic carbocycles. The van der Waals surface area contributed by atoms with Gasteiger partial charge in [-0.05, 0) is 74.4 Å². The van der Waals surface area contributed by atoms with E-state index in [9.17, 15) is 9.59 Å². The first-order valence-electron chi connectivity index (χ1n) is 13.1. The van der Waals surface area contributed by atoms with Gasteiger partial charge in [0.1, 0.15) is 0 Å². The van der Waals surface area contributed by atoms with Crippen LogP contribution in [0, 0.1) is 5.92 Å². The standard InChI is InChI=1S/C28H30Cl2FN3O4S/c1-37-26(36)18-5-8-20(9-6-18)38-28(31,34-12-2-3-13-34)25(35)15-17-4-10-22(21(30)14-17)32-27-33-23-11-7-19(29)16-24(23)39-27/h4,7,10-11,14,16,18,20H,2-3,5-6,8-9,12-13,15H2,1H3,(H,32,33)/t18-,20-,28?. The largest absolute Gasteiger partial charge is 0.469 e. The van der Waals surface area contributed by atoms with Crippen molar-refractivity contribution in [1.29, 1.82) is 0 Å². The molecule has 1 aromatic heterocycles. The van der Waals surface area contributed by atoms with Gasteiger partial charge in [-0.25, -0.2) is 9.88 Å². The number of halogens is 3. The number of carbonyl (C=O) groups is 2. The average Bonchev–Trinajstić information content (AvgIpc) is 3.60. The highest BCUT2D eigenvalue weighted by Crippen LogP contribution is 2.36. The van der Waals surface area contributed by atoms with Crippen LogP contribution in [0.15, 0.2) is 36.4 Å². The van der Waals surface area contributed by atoms with Crippen molar-refractivity contribution in [2.75, 3.05) is 25.5 Å². The van der Waals surface area contributed by atoms with E-state index in [0.717, 1.165) is 23.1 Å². The van der Waals surface area contributed by atoms with Crippen molar-refractivity contribution in [1.82, 2.24) is 9.88 Å². The number of alkyl halides is 1. The molecule has 1 atom stereocenters. The number of nitrogens with one attached hydrogen (secondary N) is 1. The molecule has 2 fully saturated rings. The van der Waals surface area contributed by atoms with E-state index < -0.39 is 17.9 Å². The third kappa shape index (κ3) is 6.38. The summed E-state index contributed by atoms with van der Waals surface area (Å²) in [7, 11) is 1.37. The van der Waals surface area contributed by atoms with Crippen LogP contribution in [0.5, 0.6) is 0 Å². The van der Waals surface area contributed by atoms with Gasteiger partial charge >= 0.3 is 11.9 Å². The molecule has 2 heterocycles. The van der Waals surface area contributed by atoms with Crippen LogP contribution in [0.2, 0.25) is 10.0 Å². The molecular formula is C28H30Cl2FN3O4S. The van der Waals surface area contributed by atoms with Crippen LogP contribution < -0.4 is 5.32 Å². The summed E-state index contributed by atoms with van der Waals surface area (Å²) < 4.78 is 28.2. The number of methoxy groups -OCH3 is 1. The molecule has 208 valence electrons. The number of ketones is 1. The Morgan fingerprint density at radius 3 is 2.56 bits per heavy atom. The van der Waals surface area contributed by atoms with Gasteiger partial charge in [0, 0.05) is 24.5 Å². The lowest BCUT2D eigenvalue weighted by molar-refractivity contribution is -0.252. The number of aromatic nitrogens is 1. The lowest BCUT2D eigenvalue weighted by Gasteiger charge is -2.37. The van der Waals surface area contributed by atoms with Gasteiger partial charge in [0.05, 0.1) is 40.1 Å². The monoisotopic (exact) mass is 593 g/mol. The van der Waals surface area contributed by atoms with Crippen LogP contribution in [-0.4, -0.2) is 53.9 Å². The smallest absolute Gasteiger partial charge is 0.330 e. The second kappa shape index (κ2) is 12.1. The minimum absolute atomic E-state index is 0.163. The maximum atomic E-state index is 16.5. The van der Waals surface area contributed by atoms with Gasteiger partial charge in [0.2, 0.25) is 5.78 Å². The molecule has 2 aliphatic rings. The maximum Gasteiger partial charge on any atom is 0.330 e. The van der Waals surface area contributed by atoms with Gasteiger partial charge < -0.3 is 14.8 Å². The zero-order chi connectivity index (χ0) is 27.6. The lowest BCUT2D eigenvalue weighted by Crippen LogP contribution is -2.54. The first kappa shape index (κ1) is 28.2. The van der Waals surface area contributed by atoms with Crippen molar-refractivity contribution in [3.05, 3.63) is 52.0 Å². The normalized spacial score (nSPS) is 21.5. The van der Waals surface area contributed by atoms with Crippen molar-refractivity contribution in [2.24, 2.45) is 5.92 Å². The summed E-state index contributed by atoms with van der Waals surface area (Å²) in [5, 5.41) is 4.90. The van der Waals surface area contributed by atoms with E-state index in [2.05, 4.69) is 10.3 Å². The van der Waals surface area contributed by atoms with E-state index >= 15 is 4.39 Å². The first-order chi connectivity index (χ1) is 18.7. The molecular weight excluding hydrogens is 564 g/mol. The molecule has 1 saturated carbocycles. The molecule has 1 aliphatic heterocycles. The first-order valence-corrected chi connectivity index (χ1v) is 14.7. The Kier molecular flexibility index (Phi) is 8.73. The van der Waals surface area contributed by atoms with E-state index in [-0.39, 0.29) is 18.3 Å².